The number of halogens is 2. The van der Waals surface area contributed by atoms with Gasteiger partial charge in [0.15, 0.2) is 0 Å². The molecule has 0 saturated carbocycles. The summed E-state index contributed by atoms with van der Waals surface area (Å²) in [6.07, 6.45) is -1.24. The van der Waals surface area contributed by atoms with E-state index in [2.05, 4.69) is 11.8 Å². The van der Waals surface area contributed by atoms with Crippen molar-refractivity contribution in [1.29, 1.82) is 0 Å². The molecule has 3 nitrogen and oxygen atoms in total. The molecule has 1 aliphatic rings. The van der Waals surface area contributed by atoms with Crippen molar-refractivity contribution in [2.24, 2.45) is 11.7 Å². The van der Waals surface area contributed by atoms with E-state index in [1.165, 1.54) is 6.07 Å². The van der Waals surface area contributed by atoms with Crippen LogP contribution in [0.3, 0.4) is 0 Å². The molecule has 1 aliphatic heterocycles. The van der Waals surface area contributed by atoms with Crippen molar-refractivity contribution < 1.29 is 13.5 Å². The largest absolute Gasteiger partial charge is 0.380 e. The minimum absolute atomic E-state index is 0.0335. The van der Waals surface area contributed by atoms with Gasteiger partial charge in [0.05, 0.1) is 6.10 Å². The quantitative estimate of drug-likeness (QED) is 0.908. The number of rotatable bonds is 5. The average molecular weight is 298 g/mol. The minimum atomic E-state index is -2.45. The second-order valence-corrected chi connectivity index (χ2v) is 5.76. The lowest BCUT2D eigenvalue weighted by Crippen LogP contribution is -2.47. The van der Waals surface area contributed by atoms with E-state index in [1.807, 2.05) is 6.07 Å². The van der Waals surface area contributed by atoms with E-state index in [1.54, 1.807) is 19.2 Å². The summed E-state index contributed by atoms with van der Waals surface area (Å²) in [6.45, 7) is 4.30. The average Bonchev–Trinajstić information content (AvgIpc) is 2.50. The maximum atomic E-state index is 12.9. The van der Waals surface area contributed by atoms with Gasteiger partial charge < -0.3 is 10.5 Å². The predicted octanol–water partition coefficient (Wildman–Crippen LogP) is 2.98. The summed E-state index contributed by atoms with van der Waals surface area (Å²) in [5.41, 5.74) is 6.83. The number of methoxy groups -OCH3 is 1. The Balaban J connectivity index is 2.17. The number of nitrogens with zero attached hydrogens (tertiary/aromatic N) is 1. The first-order chi connectivity index (χ1) is 10.1. The van der Waals surface area contributed by atoms with E-state index in [9.17, 15) is 8.78 Å². The Hall–Kier alpha value is -1.04. The van der Waals surface area contributed by atoms with Crippen LogP contribution in [0.1, 0.15) is 36.9 Å². The van der Waals surface area contributed by atoms with Crippen molar-refractivity contribution in [3.8, 4) is 0 Å². The van der Waals surface area contributed by atoms with Gasteiger partial charge in [-0.15, -0.1) is 0 Å². The fraction of sp³-hybridized carbons (Fsp3) is 0.625. The highest BCUT2D eigenvalue weighted by Gasteiger charge is 2.30. The molecule has 118 valence electrons. The van der Waals surface area contributed by atoms with Crippen LogP contribution < -0.4 is 5.73 Å². The lowest BCUT2D eigenvalue weighted by molar-refractivity contribution is -0.0183. The molecule has 2 rings (SSSR count). The summed E-state index contributed by atoms with van der Waals surface area (Å²) in [4.78, 5) is 2.25. The Morgan fingerprint density at radius 2 is 2.10 bits per heavy atom. The minimum Gasteiger partial charge on any atom is -0.380 e. The number of ether oxygens (including phenoxy) is 1. The summed E-state index contributed by atoms with van der Waals surface area (Å²) >= 11 is 0. The van der Waals surface area contributed by atoms with Crippen LogP contribution in [-0.4, -0.2) is 37.7 Å². The van der Waals surface area contributed by atoms with Crippen LogP contribution >= 0.6 is 0 Å². The maximum absolute atomic E-state index is 12.9. The third-order valence-electron chi connectivity index (χ3n) is 4.44. The lowest BCUT2D eigenvalue weighted by Gasteiger charge is -2.40. The van der Waals surface area contributed by atoms with Crippen molar-refractivity contribution in [3.05, 3.63) is 35.4 Å². The Bertz CT molecular complexity index is 456. The monoisotopic (exact) mass is 298 g/mol. The van der Waals surface area contributed by atoms with Crippen LogP contribution in [0.2, 0.25) is 0 Å². The fourth-order valence-electron chi connectivity index (χ4n) is 3.05. The number of likely N-dealkylation sites (tertiary alicyclic amines) is 1. The molecule has 1 aromatic carbocycles. The van der Waals surface area contributed by atoms with Gasteiger partial charge in [-0.05, 0) is 30.5 Å². The van der Waals surface area contributed by atoms with Crippen LogP contribution in [0, 0.1) is 5.92 Å². The van der Waals surface area contributed by atoms with Gasteiger partial charge in [0.1, 0.15) is 0 Å². The molecule has 0 amide bonds. The van der Waals surface area contributed by atoms with Gasteiger partial charge in [-0.2, -0.15) is 0 Å². The lowest BCUT2D eigenvalue weighted by atomic mass is 9.93. The third kappa shape index (κ3) is 3.78. The molecule has 1 aromatic rings. The highest BCUT2D eigenvalue weighted by Crippen LogP contribution is 2.29. The Labute approximate surface area is 125 Å². The summed E-state index contributed by atoms with van der Waals surface area (Å²) in [7, 11) is 1.72. The Kier molecular flexibility index (Phi) is 5.67. The molecule has 3 atom stereocenters. The van der Waals surface area contributed by atoms with Crippen LogP contribution in [-0.2, 0) is 4.74 Å². The van der Waals surface area contributed by atoms with Crippen molar-refractivity contribution in [3.63, 3.8) is 0 Å². The van der Waals surface area contributed by atoms with Crippen LogP contribution in [0.15, 0.2) is 24.3 Å². The molecule has 21 heavy (non-hydrogen) atoms. The summed E-state index contributed by atoms with van der Waals surface area (Å²) < 4.78 is 31.2. The van der Waals surface area contributed by atoms with Crippen molar-refractivity contribution in [2.45, 2.75) is 31.9 Å². The van der Waals surface area contributed by atoms with E-state index in [0.717, 1.165) is 25.1 Å². The SMILES string of the molecule is COC1CN(C(CN)c2cccc(C(F)F)c2)CCC1C. The normalized spacial score (nSPS) is 25.2. The highest BCUT2D eigenvalue weighted by molar-refractivity contribution is 5.27. The van der Waals surface area contributed by atoms with Gasteiger partial charge in [0.2, 0.25) is 0 Å². The van der Waals surface area contributed by atoms with Gasteiger partial charge >= 0.3 is 0 Å². The zero-order valence-electron chi connectivity index (χ0n) is 12.6. The molecule has 2 N–H and O–H groups in total. The van der Waals surface area contributed by atoms with Gasteiger partial charge in [0.25, 0.3) is 6.43 Å². The van der Waals surface area contributed by atoms with E-state index in [4.69, 9.17) is 10.5 Å². The number of benzene rings is 1. The first-order valence-corrected chi connectivity index (χ1v) is 7.41. The van der Waals surface area contributed by atoms with Crippen LogP contribution in [0.5, 0.6) is 0 Å². The molecule has 1 heterocycles. The van der Waals surface area contributed by atoms with E-state index < -0.39 is 6.43 Å². The van der Waals surface area contributed by atoms with Gasteiger partial charge in [-0.25, -0.2) is 8.78 Å². The zero-order chi connectivity index (χ0) is 15.4. The first kappa shape index (κ1) is 16.3. The molecular weight excluding hydrogens is 274 g/mol. The highest BCUT2D eigenvalue weighted by atomic mass is 19.3. The number of piperidine rings is 1. The van der Waals surface area contributed by atoms with E-state index in [-0.39, 0.29) is 17.7 Å². The maximum Gasteiger partial charge on any atom is 0.263 e. The molecule has 0 aliphatic carbocycles. The fourth-order valence-corrected chi connectivity index (χ4v) is 3.05. The van der Waals surface area contributed by atoms with Gasteiger partial charge in [0, 0.05) is 31.8 Å². The molecule has 0 radical (unpaired) electrons. The second kappa shape index (κ2) is 7.29. The summed E-state index contributed by atoms with van der Waals surface area (Å²) in [6, 6.07) is 6.55. The third-order valence-corrected chi connectivity index (χ3v) is 4.44. The van der Waals surface area contributed by atoms with Crippen molar-refractivity contribution >= 4 is 0 Å². The number of hydrogen-bond acceptors (Lipinski definition) is 3. The molecule has 0 bridgehead atoms. The van der Waals surface area contributed by atoms with Crippen molar-refractivity contribution in [1.82, 2.24) is 4.90 Å². The van der Waals surface area contributed by atoms with Crippen LogP contribution in [0.25, 0.3) is 0 Å². The zero-order valence-corrected chi connectivity index (χ0v) is 12.6. The molecule has 0 aromatic heterocycles. The topological polar surface area (TPSA) is 38.5 Å². The van der Waals surface area contributed by atoms with E-state index >= 15 is 0 Å². The van der Waals surface area contributed by atoms with Crippen LogP contribution in [0.4, 0.5) is 8.78 Å². The van der Waals surface area contributed by atoms with Crippen molar-refractivity contribution in [2.75, 3.05) is 26.7 Å². The molecular formula is C16H24F2N2O. The standard InChI is InChI=1S/C16H24F2N2O/c1-11-6-7-20(10-15(11)21-2)14(9-19)12-4-3-5-13(8-12)16(17)18/h3-5,8,11,14-16H,6-7,9-10,19H2,1-2H3. The summed E-state index contributed by atoms with van der Waals surface area (Å²) in [5.74, 6) is 0.511. The van der Waals surface area contributed by atoms with Gasteiger partial charge in [-0.1, -0.05) is 25.1 Å². The number of alkyl halides is 2. The Morgan fingerprint density at radius 1 is 1.38 bits per heavy atom. The molecule has 1 fully saturated rings. The predicted molar refractivity (Wildman–Crippen MR) is 79.3 cm³/mol. The summed E-state index contributed by atoms with van der Waals surface area (Å²) in [5, 5.41) is 0. The smallest absolute Gasteiger partial charge is 0.263 e. The molecule has 3 unspecified atom stereocenters. The Morgan fingerprint density at radius 3 is 2.71 bits per heavy atom. The second-order valence-electron chi connectivity index (χ2n) is 5.76. The first-order valence-electron chi connectivity index (χ1n) is 7.41. The van der Waals surface area contributed by atoms with Gasteiger partial charge in [-0.3, -0.25) is 4.90 Å². The molecule has 0 spiro atoms. The van der Waals surface area contributed by atoms with E-state index in [0.29, 0.717) is 12.5 Å². The molecule has 1 saturated heterocycles. The number of hydrogen-bond donors (Lipinski definition) is 1. The number of nitrogens with two attached hydrogens (primary N) is 1. The molecule has 5 heteroatoms.